The van der Waals surface area contributed by atoms with Crippen LogP contribution in [0.3, 0.4) is 0 Å². The highest BCUT2D eigenvalue weighted by atomic mass is 16.5. The van der Waals surface area contributed by atoms with Crippen LogP contribution in [-0.4, -0.2) is 28.1 Å². The molecule has 1 saturated carbocycles. The smallest absolute Gasteiger partial charge is 0.219 e. The third-order valence-corrected chi connectivity index (χ3v) is 8.72. The van der Waals surface area contributed by atoms with Crippen molar-refractivity contribution in [3.8, 4) is 17.4 Å². The van der Waals surface area contributed by atoms with Crippen molar-refractivity contribution in [3.63, 3.8) is 0 Å². The van der Waals surface area contributed by atoms with Crippen LogP contribution in [0.1, 0.15) is 75.6 Å². The highest BCUT2D eigenvalue weighted by Crippen LogP contribution is 2.42. The molecule has 4 aromatic rings. The second kappa shape index (κ2) is 9.96. The Kier molecular flexibility index (Phi) is 6.56. The van der Waals surface area contributed by atoms with Crippen LogP contribution in [-0.2, 0) is 10.2 Å². The van der Waals surface area contributed by atoms with E-state index in [1.54, 1.807) is 6.07 Å². The molecule has 2 atom stereocenters. The monoisotopic (exact) mass is 534 g/mol. The number of benzene rings is 3. The molecule has 0 amide bonds. The van der Waals surface area contributed by atoms with Gasteiger partial charge in [-0.15, -0.1) is 0 Å². The summed E-state index contributed by atoms with van der Waals surface area (Å²) in [5, 5.41) is 11.4. The van der Waals surface area contributed by atoms with Crippen molar-refractivity contribution in [3.05, 3.63) is 95.1 Å². The number of aromatic hydroxyl groups is 1. The Morgan fingerprint density at radius 1 is 0.950 bits per heavy atom. The lowest BCUT2D eigenvalue weighted by Crippen LogP contribution is -2.34. The van der Waals surface area contributed by atoms with Crippen molar-refractivity contribution in [1.29, 1.82) is 0 Å². The number of aliphatic imine (C=N–C) groups is 1. The van der Waals surface area contributed by atoms with Crippen LogP contribution < -0.4 is 4.74 Å². The summed E-state index contributed by atoms with van der Waals surface area (Å²) in [6.07, 6.45) is 4.69. The lowest BCUT2D eigenvalue weighted by atomic mass is 9.77. The second-order valence-electron chi connectivity index (χ2n) is 12.6. The molecule has 6 rings (SSSR count). The molecule has 0 spiro atoms. The van der Waals surface area contributed by atoms with Gasteiger partial charge in [-0.2, -0.15) is 0 Å². The average Bonchev–Trinajstić information content (AvgIpc) is 3.32. The first-order chi connectivity index (χ1) is 19.1. The van der Waals surface area contributed by atoms with E-state index in [0.29, 0.717) is 23.0 Å². The number of ether oxygens (including phenoxy) is 2. The lowest BCUT2D eigenvalue weighted by Gasteiger charge is -2.29. The van der Waals surface area contributed by atoms with Crippen molar-refractivity contribution in [2.75, 3.05) is 0 Å². The van der Waals surface area contributed by atoms with Gasteiger partial charge in [0.2, 0.25) is 11.8 Å². The normalized spacial score (nSPS) is 20.4. The summed E-state index contributed by atoms with van der Waals surface area (Å²) in [5.41, 5.74) is 4.54. The van der Waals surface area contributed by atoms with Crippen molar-refractivity contribution >= 4 is 16.8 Å². The summed E-state index contributed by atoms with van der Waals surface area (Å²) in [4.78, 5) is 9.83. The Morgan fingerprint density at radius 3 is 2.55 bits per heavy atom. The van der Waals surface area contributed by atoms with Gasteiger partial charge in [-0.25, -0.2) is 9.98 Å². The van der Waals surface area contributed by atoms with Gasteiger partial charge in [-0.1, -0.05) is 64.4 Å². The number of fused-ring (bicyclic) bond motifs is 2. The van der Waals surface area contributed by atoms with Gasteiger partial charge in [0, 0.05) is 22.4 Å². The van der Waals surface area contributed by atoms with E-state index in [4.69, 9.17) is 14.5 Å². The number of nitrogens with zero attached hydrogens (tertiary/aromatic N) is 2. The molecular weight excluding hydrogens is 496 g/mol. The number of pyridine rings is 1. The van der Waals surface area contributed by atoms with Crippen LogP contribution in [0.4, 0.5) is 0 Å². The van der Waals surface area contributed by atoms with E-state index in [1.807, 2.05) is 37.3 Å². The molecule has 5 heteroatoms. The molecule has 1 fully saturated rings. The summed E-state index contributed by atoms with van der Waals surface area (Å²) in [6, 6.07) is 24.4. The lowest BCUT2D eigenvalue weighted by molar-refractivity contribution is 0.132. The fraction of sp³-hybridized carbons (Fsp3) is 0.371. The maximum atomic E-state index is 10.5. The maximum Gasteiger partial charge on any atom is 0.219 e. The topological polar surface area (TPSA) is 63.9 Å². The summed E-state index contributed by atoms with van der Waals surface area (Å²) in [5.74, 6) is 1.93. The van der Waals surface area contributed by atoms with Gasteiger partial charge >= 0.3 is 0 Å². The number of phenols is 1. The molecule has 1 aliphatic carbocycles. The summed E-state index contributed by atoms with van der Waals surface area (Å²) < 4.78 is 13.0. The van der Waals surface area contributed by atoms with Gasteiger partial charge in [-0.3, -0.25) is 0 Å². The molecule has 2 aliphatic rings. The van der Waals surface area contributed by atoms with E-state index in [0.717, 1.165) is 34.9 Å². The van der Waals surface area contributed by atoms with Crippen LogP contribution in [0.25, 0.3) is 10.9 Å². The Morgan fingerprint density at radius 2 is 1.75 bits per heavy atom. The summed E-state index contributed by atoms with van der Waals surface area (Å²) in [7, 11) is 0. The molecule has 5 nitrogen and oxygen atoms in total. The average molecular weight is 535 g/mol. The van der Waals surface area contributed by atoms with Gasteiger partial charge in [0.05, 0.1) is 6.04 Å². The first kappa shape index (κ1) is 26.4. The SMILES string of the molecule is Cc1cc(O)c2nc(Oc3cc(C4=N[C@@H]5[C@@H](CCCCC5(C)C)O4)cc(C(C)(C)c4ccccc4)c3)ccc2c1. The van der Waals surface area contributed by atoms with E-state index in [1.165, 1.54) is 18.4 Å². The zero-order chi connectivity index (χ0) is 28.1. The molecule has 40 heavy (non-hydrogen) atoms. The minimum Gasteiger partial charge on any atom is -0.506 e. The first-order valence-corrected chi connectivity index (χ1v) is 14.3. The van der Waals surface area contributed by atoms with Crippen LogP contribution >= 0.6 is 0 Å². The van der Waals surface area contributed by atoms with Crippen LogP contribution in [0, 0.1) is 12.3 Å². The maximum absolute atomic E-state index is 10.5. The fourth-order valence-electron chi connectivity index (χ4n) is 6.25. The number of hydrogen-bond acceptors (Lipinski definition) is 5. The van der Waals surface area contributed by atoms with E-state index >= 15 is 0 Å². The van der Waals surface area contributed by atoms with Crippen molar-refractivity contribution in [2.24, 2.45) is 10.4 Å². The molecule has 0 bridgehead atoms. The minimum absolute atomic E-state index is 0.0958. The number of aromatic nitrogens is 1. The molecule has 1 N–H and O–H groups in total. The molecule has 0 radical (unpaired) electrons. The number of rotatable bonds is 5. The third-order valence-electron chi connectivity index (χ3n) is 8.72. The zero-order valence-corrected chi connectivity index (χ0v) is 24.1. The Hall–Kier alpha value is -3.86. The summed E-state index contributed by atoms with van der Waals surface area (Å²) in [6.45, 7) is 11.0. The Bertz CT molecular complexity index is 1590. The van der Waals surface area contributed by atoms with E-state index in [2.05, 4.69) is 69.1 Å². The standard InChI is InChI=1S/C35H38N2O3/c1-22-17-23-14-15-30(36-31(23)28(38)18-22)39-27-20-24(19-26(21-27)35(4,5)25-11-7-6-8-12-25)33-37-32-29(40-33)13-9-10-16-34(32,2)3/h6-8,11-12,14-15,17-21,29,32,38H,9-10,13,16H2,1-5H3/t29-,32-/m1/s1. The quantitative estimate of drug-likeness (QED) is 0.279. The summed E-state index contributed by atoms with van der Waals surface area (Å²) >= 11 is 0. The highest BCUT2D eigenvalue weighted by Gasteiger charge is 2.43. The molecule has 206 valence electrons. The molecule has 1 aliphatic heterocycles. The van der Waals surface area contributed by atoms with E-state index in [-0.39, 0.29) is 28.7 Å². The Balaban J connectivity index is 1.43. The van der Waals surface area contributed by atoms with E-state index < -0.39 is 0 Å². The highest BCUT2D eigenvalue weighted by molar-refractivity contribution is 5.96. The van der Waals surface area contributed by atoms with Gasteiger partial charge in [0.1, 0.15) is 23.1 Å². The predicted octanol–water partition coefficient (Wildman–Crippen LogP) is 8.48. The van der Waals surface area contributed by atoms with Gasteiger partial charge in [0.15, 0.2) is 0 Å². The van der Waals surface area contributed by atoms with Gasteiger partial charge in [-0.05, 0) is 84.7 Å². The van der Waals surface area contributed by atoms with Gasteiger partial charge in [0.25, 0.3) is 0 Å². The number of hydrogen-bond donors (Lipinski definition) is 1. The van der Waals surface area contributed by atoms with E-state index in [9.17, 15) is 5.11 Å². The zero-order valence-electron chi connectivity index (χ0n) is 24.1. The van der Waals surface area contributed by atoms with Crippen LogP contribution in [0.15, 0.2) is 77.8 Å². The van der Waals surface area contributed by atoms with Crippen LogP contribution in [0.2, 0.25) is 0 Å². The number of phenolic OH excluding ortho intramolecular Hbond substituents is 1. The molecule has 3 aromatic carbocycles. The minimum atomic E-state index is -0.287. The molecular formula is C35H38N2O3. The first-order valence-electron chi connectivity index (χ1n) is 14.3. The van der Waals surface area contributed by atoms with Gasteiger partial charge < -0.3 is 14.6 Å². The predicted molar refractivity (Wildman–Crippen MR) is 161 cm³/mol. The van der Waals surface area contributed by atoms with Crippen molar-refractivity contribution < 1.29 is 14.6 Å². The molecule has 1 aromatic heterocycles. The largest absolute Gasteiger partial charge is 0.506 e. The third kappa shape index (κ3) is 4.94. The Labute approximate surface area is 236 Å². The van der Waals surface area contributed by atoms with Crippen LogP contribution in [0.5, 0.6) is 17.4 Å². The molecule has 0 unspecified atom stereocenters. The second-order valence-corrected chi connectivity index (χ2v) is 12.6. The molecule has 0 saturated heterocycles. The fourth-order valence-corrected chi connectivity index (χ4v) is 6.25. The van der Waals surface area contributed by atoms with Crippen molar-refractivity contribution in [2.45, 2.75) is 77.9 Å². The molecule has 2 heterocycles. The van der Waals surface area contributed by atoms with Crippen molar-refractivity contribution in [1.82, 2.24) is 4.98 Å². The number of aryl methyl sites for hydroxylation is 1.